The lowest BCUT2D eigenvalue weighted by atomic mass is 10.2. The van der Waals surface area contributed by atoms with Crippen LogP contribution in [0, 0.1) is 10.1 Å². The topological polar surface area (TPSA) is 108 Å². The molecule has 0 unspecified atom stereocenters. The van der Waals surface area contributed by atoms with Gasteiger partial charge in [0, 0.05) is 29.5 Å². The van der Waals surface area contributed by atoms with Crippen molar-refractivity contribution in [2.24, 2.45) is 0 Å². The van der Waals surface area contributed by atoms with E-state index in [-0.39, 0.29) is 25.1 Å². The van der Waals surface area contributed by atoms with Gasteiger partial charge in [0.15, 0.2) is 0 Å². The van der Waals surface area contributed by atoms with E-state index in [0.29, 0.717) is 17.3 Å². The number of carbonyl (C=O) groups excluding carboxylic acids is 1. The minimum absolute atomic E-state index is 0.00658. The Balaban J connectivity index is 1.46. The molecular weight excluding hydrogens is 346 g/mol. The van der Waals surface area contributed by atoms with Crippen molar-refractivity contribution in [2.75, 3.05) is 0 Å². The number of thiophene rings is 1. The lowest BCUT2D eigenvalue weighted by Crippen LogP contribution is -2.06. The molecule has 0 spiro atoms. The van der Waals surface area contributed by atoms with Crippen molar-refractivity contribution in [1.82, 2.24) is 10.2 Å². The zero-order valence-corrected chi connectivity index (χ0v) is 13.8. The lowest BCUT2D eigenvalue weighted by Gasteiger charge is -2.03. The van der Waals surface area contributed by atoms with E-state index in [0.717, 1.165) is 5.56 Å². The second kappa shape index (κ2) is 7.67. The highest BCUT2D eigenvalue weighted by Gasteiger charge is 2.12. The number of nitro benzene ring substituents is 1. The maximum atomic E-state index is 11.8. The maximum Gasteiger partial charge on any atom is 0.306 e. The summed E-state index contributed by atoms with van der Waals surface area (Å²) in [4.78, 5) is 21.9. The highest BCUT2D eigenvalue weighted by atomic mass is 32.1. The van der Waals surface area contributed by atoms with Crippen LogP contribution in [0.4, 0.5) is 5.69 Å². The van der Waals surface area contributed by atoms with Crippen molar-refractivity contribution in [3.8, 4) is 11.5 Å². The van der Waals surface area contributed by atoms with Crippen LogP contribution in [-0.4, -0.2) is 21.1 Å². The van der Waals surface area contributed by atoms with E-state index in [9.17, 15) is 14.9 Å². The highest BCUT2D eigenvalue weighted by Crippen LogP contribution is 2.21. The third kappa shape index (κ3) is 4.48. The van der Waals surface area contributed by atoms with E-state index in [1.165, 1.54) is 23.5 Å². The summed E-state index contributed by atoms with van der Waals surface area (Å²) in [6.45, 7) is 0.0564. The molecule has 0 N–H and O–H groups in total. The molecule has 9 heteroatoms. The minimum atomic E-state index is -0.482. The predicted molar refractivity (Wildman–Crippen MR) is 88.8 cm³/mol. The van der Waals surface area contributed by atoms with Crippen LogP contribution >= 0.6 is 11.3 Å². The van der Waals surface area contributed by atoms with Gasteiger partial charge in [0.2, 0.25) is 11.8 Å². The normalized spacial score (nSPS) is 10.6. The number of non-ortho nitro benzene ring substituents is 1. The Kier molecular flexibility index (Phi) is 5.14. The Morgan fingerprint density at radius 1 is 1.24 bits per heavy atom. The number of hydrogen-bond acceptors (Lipinski definition) is 8. The molecule has 128 valence electrons. The maximum absolute atomic E-state index is 11.8. The van der Waals surface area contributed by atoms with Crippen LogP contribution in [0.15, 0.2) is 45.5 Å². The van der Waals surface area contributed by atoms with Gasteiger partial charge in [-0.1, -0.05) is 0 Å². The molecule has 2 heterocycles. The van der Waals surface area contributed by atoms with Crippen molar-refractivity contribution < 1.29 is 18.9 Å². The monoisotopic (exact) mass is 359 g/mol. The SMILES string of the molecule is O=C(CCc1nnc(-c2ccsc2)o1)OCc1ccc([N+](=O)[O-])cc1. The fraction of sp³-hybridized carbons (Fsp3) is 0.188. The molecular formula is C16H13N3O5S. The second-order valence-electron chi connectivity index (χ2n) is 5.10. The number of aryl methyl sites for hydroxylation is 1. The first kappa shape index (κ1) is 16.8. The second-order valence-corrected chi connectivity index (χ2v) is 5.88. The molecule has 1 aromatic carbocycles. The number of ether oxygens (including phenoxy) is 1. The lowest BCUT2D eigenvalue weighted by molar-refractivity contribution is -0.384. The average molecular weight is 359 g/mol. The van der Waals surface area contributed by atoms with Crippen LogP contribution in [0.1, 0.15) is 17.9 Å². The zero-order valence-electron chi connectivity index (χ0n) is 13.0. The standard InChI is InChI=1S/C16H13N3O5S/c20-15(23-9-11-1-3-13(4-2-11)19(21)22)6-5-14-17-18-16(24-14)12-7-8-25-10-12/h1-4,7-8,10H,5-6,9H2. The number of rotatable bonds is 7. The molecule has 3 aromatic rings. The molecule has 0 saturated carbocycles. The van der Waals surface area contributed by atoms with E-state index < -0.39 is 10.9 Å². The molecule has 0 amide bonds. The van der Waals surface area contributed by atoms with Gasteiger partial charge in [0.25, 0.3) is 5.69 Å². The van der Waals surface area contributed by atoms with Crippen molar-refractivity contribution >= 4 is 23.0 Å². The molecule has 2 aromatic heterocycles. The van der Waals surface area contributed by atoms with Crippen LogP contribution < -0.4 is 0 Å². The minimum Gasteiger partial charge on any atom is -0.461 e. The molecule has 8 nitrogen and oxygen atoms in total. The molecule has 0 aliphatic heterocycles. The summed E-state index contributed by atoms with van der Waals surface area (Å²) in [6.07, 6.45) is 0.397. The molecule has 0 fully saturated rings. The number of nitrogens with zero attached hydrogens (tertiary/aromatic N) is 3. The van der Waals surface area contributed by atoms with Crippen molar-refractivity contribution in [3.05, 3.63) is 62.7 Å². The first-order valence-electron chi connectivity index (χ1n) is 7.36. The Labute approximate surface area is 146 Å². The van der Waals surface area contributed by atoms with Crippen LogP contribution in [0.5, 0.6) is 0 Å². The van der Waals surface area contributed by atoms with Crippen LogP contribution in [-0.2, 0) is 22.6 Å². The van der Waals surface area contributed by atoms with Crippen LogP contribution in [0.3, 0.4) is 0 Å². The zero-order chi connectivity index (χ0) is 17.6. The third-order valence-electron chi connectivity index (χ3n) is 3.32. The van der Waals surface area contributed by atoms with Gasteiger partial charge in [-0.3, -0.25) is 14.9 Å². The predicted octanol–water partition coefficient (Wildman–Crippen LogP) is 3.38. The molecule has 3 rings (SSSR count). The molecule has 0 saturated heterocycles. The molecule has 25 heavy (non-hydrogen) atoms. The fourth-order valence-electron chi connectivity index (χ4n) is 2.02. The Morgan fingerprint density at radius 2 is 2.04 bits per heavy atom. The summed E-state index contributed by atoms with van der Waals surface area (Å²) in [7, 11) is 0. The number of aromatic nitrogens is 2. The van der Waals surface area contributed by atoms with Crippen molar-refractivity contribution in [2.45, 2.75) is 19.4 Å². The van der Waals surface area contributed by atoms with E-state index in [2.05, 4.69) is 10.2 Å². The number of hydrogen-bond donors (Lipinski definition) is 0. The molecule has 0 aliphatic rings. The van der Waals surface area contributed by atoms with Gasteiger partial charge in [-0.25, -0.2) is 0 Å². The Bertz CT molecular complexity index is 858. The van der Waals surface area contributed by atoms with Gasteiger partial charge in [-0.15, -0.1) is 10.2 Å². The van der Waals surface area contributed by atoms with Crippen LogP contribution in [0.2, 0.25) is 0 Å². The van der Waals surface area contributed by atoms with Gasteiger partial charge < -0.3 is 9.15 Å². The average Bonchev–Trinajstić information content (AvgIpc) is 3.29. The molecule has 0 atom stereocenters. The first-order valence-corrected chi connectivity index (χ1v) is 8.30. The van der Waals surface area contributed by atoms with E-state index in [4.69, 9.17) is 9.15 Å². The largest absolute Gasteiger partial charge is 0.461 e. The van der Waals surface area contributed by atoms with Crippen molar-refractivity contribution in [1.29, 1.82) is 0 Å². The molecule has 0 bridgehead atoms. The van der Waals surface area contributed by atoms with Gasteiger partial charge in [-0.2, -0.15) is 11.3 Å². The number of nitro groups is 1. The summed E-state index contributed by atoms with van der Waals surface area (Å²) in [6, 6.07) is 7.72. The smallest absolute Gasteiger partial charge is 0.306 e. The van der Waals surface area contributed by atoms with Crippen molar-refractivity contribution in [3.63, 3.8) is 0 Å². The Hall–Kier alpha value is -3.07. The fourth-order valence-corrected chi connectivity index (χ4v) is 2.65. The van der Waals surface area contributed by atoms with E-state index >= 15 is 0 Å². The number of carbonyl (C=O) groups is 1. The summed E-state index contributed by atoms with van der Waals surface area (Å²) < 4.78 is 10.6. The van der Waals surface area contributed by atoms with Gasteiger partial charge >= 0.3 is 5.97 Å². The van der Waals surface area contributed by atoms with E-state index in [1.54, 1.807) is 12.1 Å². The molecule has 0 radical (unpaired) electrons. The third-order valence-corrected chi connectivity index (χ3v) is 4.01. The Morgan fingerprint density at radius 3 is 2.72 bits per heavy atom. The summed E-state index contributed by atoms with van der Waals surface area (Å²) in [5, 5.41) is 22.2. The van der Waals surface area contributed by atoms with Gasteiger partial charge in [0.1, 0.15) is 6.61 Å². The number of benzene rings is 1. The van der Waals surface area contributed by atoms with Crippen LogP contribution in [0.25, 0.3) is 11.5 Å². The van der Waals surface area contributed by atoms with Gasteiger partial charge in [-0.05, 0) is 29.1 Å². The summed E-state index contributed by atoms with van der Waals surface area (Å²) in [5.74, 6) is 0.387. The summed E-state index contributed by atoms with van der Waals surface area (Å²) >= 11 is 1.53. The van der Waals surface area contributed by atoms with Gasteiger partial charge in [0.05, 0.1) is 11.3 Å². The quantitative estimate of drug-likeness (QED) is 0.361. The van der Waals surface area contributed by atoms with E-state index in [1.807, 2.05) is 16.8 Å². The first-order chi connectivity index (χ1) is 12.1. The number of esters is 1. The highest BCUT2D eigenvalue weighted by molar-refractivity contribution is 7.08. The molecule has 0 aliphatic carbocycles. The summed E-state index contributed by atoms with van der Waals surface area (Å²) in [5.41, 5.74) is 1.52.